The van der Waals surface area contributed by atoms with Gasteiger partial charge in [-0.3, -0.25) is 4.90 Å². The summed E-state index contributed by atoms with van der Waals surface area (Å²) in [6.07, 6.45) is -4.29. The fraction of sp³-hybridized carbons (Fsp3) is 0.562. The predicted molar refractivity (Wildman–Crippen MR) is 85.5 cm³/mol. The average molecular weight is 378 g/mol. The molecular weight excluding hydrogens is 357 g/mol. The molecule has 0 aromatic heterocycles. The lowest BCUT2D eigenvalue weighted by atomic mass is 10.1. The Balaban J connectivity index is 1.92. The molecule has 1 saturated heterocycles. The summed E-state index contributed by atoms with van der Waals surface area (Å²) >= 11 is 3.27. The maximum Gasteiger partial charge on any atom is 0.416 e. The van der Waals surface area contributed by atoms with Crippen LogP contribution in [-0.2, 0) is 12.7 Å². The van der Waals surface area contributed by atoms with Gasteiger partial charge in [0, 0.05) is 43.7 Å². The molecule has 1 aliphatic heterocycles. The van der Waals surface area contributed by atoms with Crippen LogP contribution < -0.4 is 0 Å². The van der Waals surface area contributed by atoms with Crippen molar-refractivity contribution in [3.8, 4) is 0 Å². The topological polar surface area (TPSA) is 6.48 Å². The molecule has 0 bridgehead atoms. The Morgan fingerprint density at radius 2 is 1.68 bits per heavy atom. The second-order valence-electron chi connectivity index (χ2n) is 6.06. The highest BCUT2D eigenvalue weighted by molar-refractivity contribution is 9.10. The van der Waals surface area contributed by atoms with Crippen LogP contribution in [-0.4, -0.2) is 42.5 Å². The predicted octanol–water partition coefficient (Wildman–Crippen LogP) is 4.20. The first-order valence-corrected chi connectivity index (χ1v) is 8.14. The molecule has 1 fully saturated rings. The highest BCUT2D eigenvalue weighted by Gasteiger charge is 2.31. The number of halogens is 4. The van der Waals surface area contributed by atoms with E-state index in [1.807, 2.05) is 0 Å². The van der Waals surface area contributed by atoms with Crippen LogP contribution in [0.5, 0.6) is 0 Å². The second-order valence-corrected chi connectivity index (χ2v) is 6.92. The molecule has 0 aliphatic carbocycles. The summed E-state index contributed by atoms with van der Waals surface area (Å²) in [5, 5.41) is 0. The number of benzene rings is 1. The Kier molecular flexibility index (Phi) is 5.91. The Morgan fingerprint density at radius 1 is 1.09 bits per heavy atom. The van der Waals surface area contributed by atoms with Gasteiger partial charge in [-0.15, -0.1) is 0 Å². The van der Waals surface area contributed by atoms with E-state index in [1.54, 1.807) is 6.07 Å². The normalized spacial score (nSPS) is 18.1. The number of hydrogen-bond donors (Lipinski definition) is 0. The molecule has 2 rings (SSSR count). The van der Waals surface area contributed by atoms with Gasteiger partial charge in [0.25, 0.3) is 0 Å². The Morgan fingerprint density at radius 3 is 2.18 bits per heavy atom. The molecule has 0 unspecified atom stereocenters. The van der Waals surface area contributed by atoms with Crippen LogP contribution in [0.4, 0.5) is 13.2 Å². The lowest BCUT2D eigenvalue weighted by Gasteiger charge is -2.35. The number of rotatable bonds is 4. The molecule has 1 aromatic rings. The minimum Gasteiger partial charge on any atom is -0.300 e. The van der Waals surface area contributed by atoms with Gasteiger partial charge >= 0.3 is 6.18 Å². The van der Waals surface area contributed by atoms with Gasteiger partial charge in [0.15, 0.2) is 0 Å². The van der Waals surface area contributed by atoms with Gasteiger partial charge in [-0.05, 0) is 23.6 Å². The van der Waals surface area contributed by atoms with Gasteiger partial charge < -0.3 is 4.90 Å². The number of piperazine rings is 1. The Hall–Kier alpha value is -0.590. The summed E-state index contributed by atoms with van der Waals surface area (Å²) in [4.78, 5) is 4.70. The maximum absolute atomic E-state index is 12.7. The van der Waals surface area contributed by atoms with E-state index in [0.717, 1.165) is 44.4 Å². The first kappa shape index (κ1) is 17.8. The van der Waals surface area contributed by atoms with Crippen LogP contribution in [0.1, 0.15) is 25.0 Å². The molecule has 1 heterocycles. The van der Waals surface area contributed by atoms with Crippen LogP contribution in [0.3, 0.4) is 0 Å². The van der Waals surface area contributed by atoms with Gasteiger partial charge in [0.1, 0.15) is 0 Å². The summed E-state index contributed by atoms with van der Waals surface area (Å²) in [5.41, 5.74) is 0.293. The van der Waals surface area contributed by atoms with Crippen LogP contribution >= 0.6 is 15.9 Å². The van der Waals surface area contributed by atoms with Crippen molar-refractivity contribution in [2.75, 3.05) is 32.7 Å². The number of nitrogens with zero attached hydrogens (tertiary/aromatic N) is 2. The zero-order valence-corrected chi connectivity index (χ0v) is 14.5. The molecule has 22 heavy (non-hydrogen) atoms. The monoisotopic (exact) mass is 377 g/mol. The summed E-state index contributed by atoms with van der Waals surface area (Å²) in [7, 11) is 0. The molecule has 0 N–H and O–H groups in total. The van der Waals surface area contributed by atoms with E-state index in [2.05, 4.69) is 39.6 Å². The third-order valence-corrected chi connectivity index (χ3v) is 4.52. The zero-order chi connectivity index (χ0) is 16.3. The first-order chi connectivity index (χ1) is 10.3. The van der Waals surface area contributed by atoms with Crippen LogP contribution in [0.2, 0.25) is 0 Å². The highest BCUT2D eigenvalue weighted by Crippen LogP contribution is 2.32. The van der Waals surface area contributed by atoms with Crippen molar-refractivity contribution >= 4 is 15.9 Å². The summed E-state index contributed by atoms with van der Waals surface area (Å²) in [6.45, 7) is 9.87. The highest BCUT2D eigenvalue weighted by atomic mass is 79.9. The lowest BCUT2D eigenvalue weighted by molar-refractivity contribution is -0.137. The molecule has 123 valence electrons. The van der Waals surface area contributed by atoms with Crippen LogP contribution in [0.15, 0.2) is 22.7 Å². The summed E-state index contributed by atoms with van der Waals surface area (Å²) < 4.78 is 38.5. The maximum atomic E-state index is 12.7. The summed E-state index contributed by atoms with van der Waals surface area (Å²) in [6, 6.07) is 3.90. The van der Waals surface area contributed by atoms with Crippen molar-refractivity contribution in [1.29, 1.82) is 0 Å². The largest absolute Gasteiger partial charge is 0.416 e. The molecule has 0 spiro atoms. The standard InChI is InChI=1S/C16H21BrF3N2/c1-12(2)10-21-5-7-22(8-6-21)11-13-3-4-14(9-15(13)17)16(18,19)20/h3-4,9H,5-8,10-11H2,1-2H3. The van der Waals surface area contributed by atoms with Gasteiger partial charge in [-0.25, -0.2) is 0 Å². The van der Waals surface area contributed by atoms with E-state index < -0.39 is 11.7 Å². The Bertz CT molecular complexity index is 495. The average Bonchev–Trinajstić information content (AvgIpc) is 2.41. The fourth-order valence-electron chi connectivity index (χ4n) is 2.65. The smallest absolute Gasteiger partial charge is 0.300 e. The van der Waals surface area contributed by atoms with Crippen molar-refractivity contribution in [3.05, 3.63) is 39.7 Å². The van der Waals surface area contributed by atoms with Gasteiger partial charge in [-0.2, -0.15) is 13.2 Å². The molecule has 1 aliphatic rings. The number of hydrogen-bond acceptors (Lipinski definition) is 2. The molecule has 2 nitrogen and oxygen atoms in total. The van der Waals surface area contributed by atoms with E-state index in [-0.39, 0.29) is 0 Å². The van der Waals surface area contributed by atoms with Gasteiger partial charge in [0.2, 0.25) is 0 Å². The van der Waals surface area contributed by atoms with Crippen molar-refractivity contribution in [2.24, 2.45) is 0 Å². The third kappa shape index (κ3) is 4.96. The molecular formula is C16H21BrF3N2. The van der Waals surface area contributed by atoms with Crippen molar-refractivity contribution in [1.82, 2.24) is 9.80 Å². The SMILES string of the molecule is C[C](C)CN1CCN(Cc2ccc(C(F)(F)F)cc2Br)CC1. The lowest BCUT2D eigenvalue weighted by Crippen LogP contribution is -2.46. The van der Waals surface area contributed by atoms with Gasteiger partial charge in [0.05, 0.1) is 5.56 Å². The van der Waals surface area contributed by atoms with E-state index in [1.165, 1.54) is 12.0 Å². The van der Waals surface area contributed by atoms with E-state index >= 15 is 0 Å². The van der Waals surface area contributed by atoms with Crippen molar-refractivity contribution < 1.29 is 13.2 Å². The first-order valence-electron chi connectivity index (χ1n) is 7.35. The molecule has 0 saturated carbocycles. The van der Waals surface area contributed by atoms with E-state index in [0.29, 0.717) is 11.0 Å². The third-order valence-electron chi connectivity index (χ3n) is 3.78. The summed E-state index contributed by atoms with van der Waals surface area (Å²) in [5.74, 6) is 1.40. The van der Waals surface area contributed by atoms with Crippen LogP contribution in [0.25, 0.3) is 0 Å². The zero-order valence-electron chi connectivity index (χ0n) is 12.9. The molecule has 1 aromatic carbocycles. The molecule has 1 radical (unpaired) electrons. The fourth-order valence-corrected chi connectivity index (χ4v) is 3.15. The van der Waals surface area contributed by atoms with Gasteiger partial charge in [-0.1, -0.05) is 35.8 Å². The van der Waals surface area contributed by atoms with Crippen molar-refractivity contribution in [3.63, 3.8) is 0 Å². The minimum atomic E-state index is -4.29. The molecule has 0 atom stereocenters. The Labute approximate surface area is 138 Å². The molecule has 6 heteroatoms. The molecule has 0 amide bonds. The van der Waals surface area contributed by atoms with E-state index in [4.69, 9.17) is 0 Å². The van der Waals surface area contributed by atoms with Crippen molar-refractivity contribution in [2.45, 2.75) is 26.6 Å². The second kappa shape index (κ2) is 7.32. The van der Waals surface area contributed by atoms with E-state index in [9.17, 15) is 13.2 Å². The quantitative estimate of drug-likeness (QED) is 0.775. The number of alkyl halides is 3. The minimum absolute atomic E-state index is 0.530. The van der Waals surface area contributed by atoms with Crippen LogP contribution in [0, 0.1) is 5.92 Å².